The standard InChI is InChI=1S/C36H22O2S/c1-3-9-23-17-29-25(15-21(23)7-1)27(31-11-5-13-37-31)19-33-35(29)36-30-18-24-10-4-2-8-22(24)16-26(30)28(20-34(36)39-33)32-12-6-14-38-32/h1-5,7-13,15-20H,6,14H2. The van der Waals surface area contributed by atoms with Crippen LogP contribution in [0.1, 0.15) is 12.0 Å². The van der Waals surface area contributed by atoms with E-state index in [1.54, 1.807) is 6.26 Å². The van der Waals surface area contributed by atoms with Crippen molar-refractivity contribution in [3.05, 3.63) is 115 Å². The topological polar surface area (TPSA) is 22.4 Å². The lowest BCUT2D eigenvalue weighted by molar-refractivity contribution is 0.308. The number of ether oxygens (including phenoxy) is 1. The molecule has 3 heterocycles. The van der Waals surface area contributed by atoms with Crippen molar-refractivity contribution in [3.63, 3.8) is 0 Å². The molecular weight excluding hydrogens is 496 g/mol. The van der Waals surface area contributed by atoms with Gasteiger partial charge in [-0.1, -0.05) is 48.5 Å². The van der Waals surface area contributed by atoms with Gasteiger partial charge in [-0.05, 0) is 97.7 Å². The smallest absolute Gasteiger partial charge is 0.134 e. The number of thiophene rings is 1. The number of hydrogen-bond donors (Lipinski definition) is 0. The lowest BCUT2D eigenvalue weighted by atomic mass is 9.91. The zero-order valence-electron chi connectivity index (χ0n) is 21.0. The molecule has 0 atom stereocenters. The number of furan rings is 1. The summed E-state index contributed by atoms with van der Waals surface area (Å²) in [5, 5.41) is 12.6. The van der Waals surface area contributed by atoms with Crippen molar-refractivity contribution in [2.24, 2.45) is 0 Å². The molecule has 0 radical (unpaired) electrons. The minimum absolute atomic E-state index is 0.749. The first kappa shape index (κ1) is 21.3. The van der Waals surface area contributed by atoms with Crippen LogP contribution >= 0.6 is 11.3 Å². The van der Waals surface area contributed by atoms with Gasteiger partial charge in [-0.3, -0.25) is 0 Å². The van der Waals surface area contributed by atoms with Crippen LogP contribution in [0.5, 0.6) is 0 Å². The van der Waals surface area contributed by atoms with E-state index >= 15 is 0 Å². The van der Waals surface area contributed by atoms with Gasteiger partial charge in [-0.2, -0.15) is 0 Å². The van der Waals surface area contributed by atoms with Crippen molar-refractivity contribution in [2.45, 2.75) is 6.42 Å². The summed E-state index contributed by atoms with van der Waals surface area (Å²) >= 11 is 1.86. The Morgan fingerprint density at radius 3 is 1.67 bits per heavy atom. The number of hydrogen-bond acceptors (Lipinski definition) is 3. The van der Waals surface area contributed by atoms with Gasteiger partial charge < -0.3 is 9.15 Å². The van der Waals surface area contributed by atoms with Crippen LogP contribution in [-0.4, -0.2) is 6.61 Å². The molecule has 0 spiro atoms. The van der Waals surface area contributed by atoms with Crippen LogP contribution in [0.3, 0.4) is 0 Å². The third-order valence-electron chi connectivity index (χ3n) is 8.16. The van der Waals surface area contributed by atoms with Crippen molar-refractivity contribution in [3.8, 4) is 11.3 Å². The normalized spacial score (nSPS) is 13.8. The maximum atomic E-state index is 6.12. The molecule has 0 unspecified atom stereocenters. The highest BCUT2D eigenvalue weighted by Crippen LogP contribution is 2.48. The molecule has 3 heteroatoms. The molecule has 184 valence electrons. The van der Waals surface area contributed by atoms with Gasteiger partial charge in [0.2, 0.25) is 0 Å². The monoisotopic (exact) mass is 518 g/mol. The second kappa shape index (κ2) is 7.95. The molecule has 8 aromatic rings. The highest BCUT2D eigenvalue weighted by atomic mass is 32.1. The first-order chi connectivity index (χ1) is 19.3. The predicted molar refractivity (Wildman–Crippen MR) is 166 cm³/mol. The Balaban J connectivity index is 1.52. The van der Waals surface area contributed by atoms with Crippen LogP contribution in [0.4, 0.5) is 0 Å². The summed E-state index contributed by atoms with van der Waals surface area (Å²) in [4.78, 5) is 0. The Morgan fingerprint density at radius 1 is 0.564 bits per heavy atom. The van der Waals surface area contributed by atoms with E-state index in [0.29, 0.717) is 0 Å². The summed E-state index contributed by atoms with van der Waals surface area (Å²) < 4.78 is 14.6. The van der Waals surface area contributed by atoms with Gasteiger partial charge in [0.15, 0.2) is 0 Å². The van der Waals surface area contributed by atoms with E-state index in [1.165, 1.54) is 68.8 Å². The predicted octanol–water partition coefficient (Wildman–Crippen LogP) is 10.7. The molecule has 2 nitrogen and oxygen atoms in total. The third-order valence-corrected chi connectivity index (χ3v) is 9.25. The van der Waals surface area contributed by atoms with Crippen molar-refractivity contribution in [1.29, 1.82) is 0 Å². The van der Waals surface area contributed by atoms with Gasteiger partial charge in [-0.15, -0.1) is 11.3 Å². The van der Waals surface area contributed by atoms with Crippen LogP contribution in [0, 0.1) is 0 Å². The molecule has 0 saturated heterocycles. The van der Waals surface area contributed by atoms with Crippen LogP contribution in [0.25, 0.3) is 80.3 Å². The molecule has 0 N–H and O–H groups in total. The van der Waals surface area contributed by atoms with Crippen molar-refractivity contribution < 1.29 is 9.15 Å². The molecule has 1 aliphatic rings. The maximum absolute atomic E-state index is 6.12. The van der Waals surface area contributed by atoms with Crippen LogP contribution in [-0.2, 0) is 4.74 Å². The average molecular weight is 519 g/mol. The first-order valence-electron chi connectivity index (χ1n) is 13.4. The van der Waals surface area contributed by atoms with Gasteiger partial charge in [0.1, 0.15) is 11.5 Å². The summed E-state index contributed by atoms with van der Waals surface area (Å²) in [6.45, 7) is 0.749. The fraction of sp³-hybridized carbons (Fsp3) is 0.0556. The molecule has 0 fully saturated rings. The first-order valence-corrected chi connectivity index (χ1v) is 14.2. The Bertz CT molecular complexity index is 2300. The second-order valence-corrected chi connectivity index (χ2v) is 11.5. The van der Waals surface area contributed by atoms with E-state index in [9.17, 15) is 0 Å². The van der Waals surface area contributed by atoms with Gasteiger partial charge in [0, 0.05) is 37.7 Å². The van der Waals surface area contributed by atoms with Gasteiger partial charge in [0.05, 0.1) is 12.9 Å². The third kappa shape index (κ3) is 3.08. The Morgan fingerprint density at radius 2 is 1.13 bits per heavy atom. The number of fused-ring (bicyclic) bond motifs is 9. The maximum Gasteiger partial charge on any atom is 0.134 e. The highest BCUT2D eigenvalue weighted by Gasteiger charge is 2.21. The van der Waals surface area contributed by atoms with E-state index in [2.05, 4.69) is 97.1 Å². The summed E-state index contributed by atoms with van der Waals surface area (Å²) in [6, 6.07) is 35.4. The summed E-state index contributed by atoms with van der Waals surface area (Å²) in [5.41, 5.74) is 2.32. The Labute approximate surface area is 228 Å². The summed E-state index contributed by atoms with van der Waals surface area (Å²) in [6.07, 6.45) is 4.95. The molecule has 39 heavy (non-hydrogen) atoms. The Kier molecular flexibility index (Phi) is 4.35. The molecule has 1 aliphatic heterocycles. The van der Waals surface area contributed by atoms with Crippen LogP contribution < -0.4 is 0 Å². The van der Waals surface area contributed by atoms with Gasteiger partial charge in [0.25, 0.3) is 0 Å². The highest BCUT2D eigenvalue weighted by molar-refractivity contribution is 7.26. The molecule has 0 bridgehead atoms. The lowest BCUT2D eigenvalue weighted by Gasteiger charge is -2.13. The molecule has 2 aromatic heterocycles. The second-order valence-electron chi connectivity index (χ2n) is 10.4. The molecule has 6 aromatic carbocycles. The van der Waals surface area contributed by atoms with E-state index in [-0.39, 0.29) is 0 Å². The van der Waals surface area contributed by atoms with Crippen molar-refractivity contribution in [2.75, 3.05) is 6.61 Å². The van der Waals surface area contributed by atoms with Gasteiger partial charge >= 0.3 is 0 Å². The van der Waals surface area contributed by atoms with Crippen LogP contribution in [0.15, 0.2) is 114 Å². The SMILES string of the molecule is C1=C(c2cc3sc4cc(-c5ccco5)c5cc6ccccc6cc5c4c3c3cc4ccccc4cc23)OCC1. The minimum atomic E-state index is 0.749. The minimum Gasteiger partial charge on any atom is -0.493 e. The van der Waals surface area contributed by atoms with E-state index in [4.69, 9.17) is 9.15 Å². The molecule has 0 aliphatic carbocycles. The quantitative estimate of drug-likeness (QED) is 0.212. The lowest BCUT2D eigenvalue weighted by Crippen LogP contribution is -1.90. The van der Waals surface area contributed by atoms with Gasteiger partial charge in [-0.25, -0.2) is 0 Å². The molecule has 0 saturated carbocycles. The Hall–Kier alpha value is -4.60. The zero-order chi connectivity index (χ0) is 25.5. The van der Waals surface area contributed by atoms with E-state index < -0.39 is 0 Å². The number of rotatable bonds is 2. The van der Waals surface area contributed by atoms with E-state index in [1.807, 2.05) is 17.4 Å². The fourth-order valence-electron chi connectivity index (χ4n) is 6.41. The number of benzene rings is 6. The summed E-state index contributed by atoms with van der Waals surface area (Å²) in [5.74, 6) is 1.90. The average Bonchev–Trinajstić information content (AvgIpc) is 3.75. The fourth-order valence-corrected chi connectivity index (χ4v) is 7.63. The largest absolute Gasteiger partial charge is 0.493 e. The van der Waals surface area contributed by atoms with Crippen LogP contribution in [0.2, 0.25) is 0 Å². The molecular formula is C36H22O2S. The summed E-state index contributed by atoms with van der Waals surface area (Å²) in [7, 11) is 0. The molecule has 0 amide bonds. The zero-order valence-corrected chi connectivity index (χ0v) is 21.8. The van der Waals surface area contributed by atoms with Crippen molar-refractivity contribution >= 4 is 80.4 Å². The van der Waals surface area contributed by atoms with E-state index in [0.717, 1.165) is 30.1 Å². The molecule has 9 rings (SSSR count). The van der Waals surface area contributed by atoms with Crippen molar-refractivity contribution in [1.82, 2.24) is 0 Å².